The molecule has 1 saturated carbocycles. The Morgan fingerprint density at radius 2 is 2.09 bits per heavy atom. The third-order valence-electron chi connectivity index (χ3n) is 5.22. The number of aliphatic hydroxyl groups is 1. The maximum absolute atomic E-state index is 9.47. The van der Waals surface area contributed by atoms with E-state index in [1.165, 1.54) is 25.7 Å². The maximum atomic E-state index is 9.47. The number of nitrogens with zero attached hydrogens (tertiary/aromatic N) is 4. The normalized spacial score (nSPS) is 23.2. The van der Waals surface area contributed by atoms with Crippen molar-refractivity contribution >= 4 is 5.82 Å². The summed E-state index contributed by atoms with van der Waals surface area (Å²) in [6, 6.07) is 7.05. The van der Waals surface area contributed by atoms with Gasteiger partial charge in [0.1, 0.15) is 11.9 Å². The fourth-order valence-electron chi connectivity index (χ4n) is 4.06. The average molecular weight is 314 g/mol. The Bertz CT molecular complexity index is 577. The second kappa shape index (κ2) is 7.29. The van der Waals surface area contributed by atoms with E-state index in [1.807, 2.05) is 19.1 Å². The topological polar surface area (TPSA) is 63.4 Å². The van der Waals surface area contributed by atoms with Gasteiger partial charge in [0, 0.05) is 44.0 Å². The van der Waals surface area contributed by atoms with E-state index < -0.39 is 0 Å². The van der Waals surface area contributed by atoms with Gasteiger partial charge in [0.15, 0.2) is 0 Å². The summed E-state index contributed by atoms with van der Waals surface area (Å²) in [5, 5.41) is 18.8. The van der Waals surface area contributed by atoms with Gasteiger partial charge in [0.2, 0.25) is 0 Å². The molecule has 124 valence electrons. The molecule has 5 nitrogen and oxygen atoms in total. The summed E-state index contributed by atoms with van der Waals surface area (Å²) in [7, 11) is 0. The van der Waals surface area contributed by atoms with E-state index in [1.54, 1.807) is 0 Å². The van der Waals surface area contributed by atoms with Gasteiger partial charge in [0.05, 0.1) is 5.56 Å². The summed E-state index contributed by atoms with van der Waals surface area (Å²) in [5.41, 5.74) is 1.59. The molecule has 0 aromatic carbocycles. The number of anilines is 1. The second-order valence-corrected chi connectivity index (χ2v) is 6.72. The molecule has 1 atom stereocenters. The number of aliphatic hydroxyl groups excluding tert-OH is 1. The van der Waals surface area contributed by atoms with Gasteiger partial charge in [-0.15, -0.1) is 0 Å². The van der Waals surface area contributed by atoms with Gasteiger partial charge < -0.3 is 10.0 Å². The number of piperazine rings is 1. The summed E-state index contributed by atoms with van der Waals surface area (Å²) in [4.78, 5) is 9.44. The molecule has 2 aliphatic rings. The van der Waals surface area contributed by atoms with E-state index in [0.717, 1.165) is 37.6 Å². The molecule has 1 saturated heterocycles. The highest BCUT2D eigenvalue weighted by Gasteiger charge is 2.33. The lowest BCUT2D eigenvalue weighted by molar-refractivity contribution is 0.0982. The summed E-state index contributed by atoms with van der Waals surface area (Å²) in [5.74, 6) is 0.807. The Labute approximate surface area is 138 Å². The molecule has 1 aliphatic carbocycles. The molecule has 0 amide bonds. The zero-order valence-electron chi connectivity index (χ0n) is 13.9. The minimum absolute atomic E-state index is 0.216. The van der Waals surface area contributed by atoms with Crippen molar-refractivity contribution in [2.24, 2.45) is 0 Å². The lowest BCUT2D eigenvalue weighted by atomic mass is 10.0. The molecule has 1 aliphatic heterocycles. The van der Waals surface area contributed by atoms with Crippen molar-refractivity contribution < 1.29 is 5.11 Å². The van der Waals surface area contributed by atoms with Gasteiger partial charge >= 0.3 is 0 Å². The van der Waals surface area contributed by atoms with Crippen LogP contribution in [0.1, 0.15) is 43.4 Å². The van der Waals surface area contributed by atoms with E-state index in [2.05, 4.69) is 20.9 Å². The van der Waals surface area contributed by atoms with Gasteiger partial charge in [-0.3, -0.25) is 4.90 Å². The van der Waals surface area contributed by atoms with Crippen LogP contribution in [0.2, 0.25) is 0 Å². The summed E-state index contributed by atoms with van der Waals surface area (Å²) in [6.07, 6.45) is 6.02. The molecule has 23 heavy (non-hydrogen) atoms. The van der Waals surface area contributed by atoms with Crippen LogP contribution in [0, 0.1) is 18.3 Å². The quantitative estimate of drug-likeness (QED) is 0.922. The minimum Gasteiger partial charge on any atom is -0.396 e. The molecule has 2 fully saturated rings. The summed E-state index contributed by atoms with van der Waals surface area (Å²) >= 11 is 0. The highest BCUT2D eigenvalue weighted by atomic mass is 16.3. The zero-order valence-corrected chi connectivity index (χ0v) is 13.9. The Morgan fingerprint density at radius 1 is 1.30 bits per heavy atom. The Kier molecular flexibility index (Phi) is 5.14. The second-order valence-electron chi connectivity index (χ2n) is 6.72. The molecule has 5 heteroatoms. The van der Waals surface area contributed by atoms with E-state index in [9.17, 15) is 10.4 Å². The minimum atomic E-state index is 0.216. The van der Waals surface area contributed by atoms with Gasteiger partial charge in [0.25, 0.3) is 0 Å². The third kappa shape index (κ3) is 3.49. The fourth-order valence-corrected chi connectivity index (χ4v) is 4.06. The number of rotatable bonds is 4. The smallest absolute Gasteiger partial charge is 0.146 e. The SMILES string of the molecule is Cc1ccc(C#N)c(N2CCN(C3CCCC3)[C@@H](CCO)C2)n1. The van der Waals surface area contributed by atoms with Crippen LogP contribution < -0.4 is 4.90 Å². The Morgan fingerprint density at radius 3 is 2.78 bits per heavy atom. The van der Waals surface area contributed by atoms with E-state index in [4.69, 9.17) is 0 Å². The van der Waals surface area contributed by atoms with Gasteiger partial charge in [-0.1, -0.05) is 12.8 Å². The van der Waals surface area contributed by atoms with Crippen LogP contribution >= 0.6 is 0 Å². The number of hydrogen-bond donors (Lipinski definition) is 1. The first kappa shape index (κ1) is 16.2. The molecular formula is C18H26N4O. The van der Waals surface area contributed by atoms with Crippen LogP contribution in [0.25, 0.3) is 0 Å². The van der Waals surface area contributed by atoms with Crippen LogP contribution in [-0.4, -0.2) is 53.3 Å². The summed E-state index contributed by atoms with van der Waals surface area (Å²) in [6.45, 7) is 4.93. The predicted octanol–water partition coefficient (Wildman–Crippen LogP) is 2.08. The zero-order chi connectivity index (χ0) is 16.2. The van der Waals surface area contributed by atoms with Crippen molar-refractivity contribution in [3.05, 3.63) is 23.4 Å². The van der Waals surface area contributed by atoms with Crippen LogP contribution in [0.5, 0.6) is 0 Å². The molecule has 1 N–H and O–H groups in total. The van der Waals surface area contributed by atoms with Crippen molar-refractivity contribution in [2.75, 3.05) is 31.1 Å². The number of aryl methyl sites for hydroxylation is 1. The first-order chi connectivity index (χ1) is 11.2. The number of nitriles is 1. The molecule has 2 heterocycles. The largest absolute Gasteiger partial charge is 0.396 e. The van der Waals surface area contributed by atoms with Crippen LogP contribution in [0.4, 0.5) is 5.82 Å². The summed E-state index contributed by atoms with van der Waals surface area (Å²) < 4.78 is 0. The molecular weight excluding hydrogens is 288 g/mol. The fraction of sp³-hybridized carbons (Fsp3) is 0.667. The highest BCUT2D eigenvalue weighted by Crippen LogP contribution is 2.29. The molecule has 0 bridgehead atoms. The van der Waals surface area contributed by atoms with Gasteiger partial charge in [-0.2, -0.15) is 5.26 Å². The number of aromatic nitrogens is 1. The lowest BCUT2D eigenvalue weighted by Crippen LogP contribution is -2.56. The van der Waals surface area contributed by atoms with E-state index in [0.29, 0.717) is 17.6 Å². The Balaban J connectivity index is 1.79. The van der Waals surface area contributed by atoms with Gasteiger partial charge in [-0.25, -0.2) is 4.98 Å². The third-order valence-corrected chi connectivity index (χ3v) is 5.22. The maximum Gasteiger partial charge on any atom is 0.146 e. The van der Waals surface area contributed by atoms with Crippen molar-refractivity contribution in [1.29, 1.82) is 5.26 Å². The Hall–Kier alpha value is -1.64. The van der Waals surface area contributed by atoms with Crippen LogP contribution in [0.3, 0.4) is 0 Å². The molecule has 0 unspecified atom stereocenters. The monoisotopic (exact) mass is 314 g/mol. The van der Waals surface area contributed by atoms with Gasteiger partial charge in [-0.05, 0) is 38.3 Å². The van der Waals surface area contributed by atoms with Crippen molar-refractivity contribution in [3.8, 4) is 6.07 Å². The highest BCUT2D eigenvalue weighted by molar-refractivity contribution is 5.54. The van der Waals surface area contributed by atoms with E-state index in [-0.39, 0.29) is 6.61 Å². The molecule has 1 aromatic heterocycles. The van der Waals surface area contributed by atoms with Crippen molar-refractivity contribution in [3.63, 3.8) is 0 Å². The predicted molar refractivity (Wildman–Crippen MR) is 90.4 cm³/mol. The average Bonchev–Trinajstić information content (AvgIpc) is 3.09. The molecule has 0 radical (unpaired) electrons. The molecule has 3 rings (SSSR count). The van der Waals surface area contributed by atoms with Crippen molar-refractivity contribution in [1.82, 2.24) is 9.88 Å². The first-order valence-electron chi connectivity index (χ1n) is 8.72. The van der Waals surface area contributed by atoms with E-state index >= 15 is 0 Å². The molecule has 1 aromatic rings. The molecule has 0 spiro atoms. The lowest BCUT2D eigenvalue weighted by Gasteiger charge is -2.45. The van der Waals surface area contributed by atoms with Crippen LogP contribution in [0.15, 0.2) is 12.1 Å². The number of pyridine rings is 1. The van der Waals surface area contributed by atoms with Crippen molar-refractivity contribution in [2.45, 2.75) is 51.1 Å². The number of hydrogen-bond acceptors (Lipinski definition) is 5. The standard InChI is InChI=1S/C18H26N4O/c1-14-6-7-15(12-19)18(20-14)21-9-10-22(16-4-2-3-5-16)17(13-21)8-11-23/h6-7,16-17,23H,2-5,8-11,13H2,1H3/t17-/m0/s1. The first-order valence-corrected chi connectivity index (χ1v) is 8.72. The van der Waals surface area contributed by atoms with Crippen LogP contribution in [-0.2, 0) is 0 Å².